The summed E-state index contributed by atoms with van der Waals surface area (Å²) in [6.07, 6.45) is 4.61. The molecule has 30 heavy (non-hydrogen) atoms. The van der Waals surface area contributed by atoms with E-state index in [2.05, 4.69) is 23.5 Å². The number of ether oxygens (including phenoxy) is 1. The molecule has 1 heterocycles. The van der Waals surface area contributed by atoms with Crippen molar-refractivity contribution in [2.45, 2.75) is 39.5 Å². The Kier molecular flexibility index (Phi) is 6.00. The molecule has 4 nitrogen and oxygen atoms in total. The van der Waals surface area contributed by atoms with E-state index >= 15 is 0 Å². The molecule has 0 bridgehead atoms. The van der Waals surface area contributed by atoms with Gasteiger partial charge in [0.05, 0.1) is 6.61 Å². The Morgan fingerprint density at radius 1 is 1.03 bits per heavy atom. The molecule has 3 aromatic rings. The highest BCUT2D eigenvalue weighted by atomic mass is 32.1. The molecule has 0 saturated heterocycles. The molecule has 0 unspecified atom stereocenters. The number of amides is 1. The normalized spacial score (nSPS) is 12.9. The smallest absolute Gasteiger partial charge is 0.341 e. The lowest BCUT2D eigenvalue weighted by Gasteiger charge is -2.17. The van der Waals surface area contributed by atoms with Gasteiger partial charge in [0.15, 0.2) is 0 Å². The minimum Gasteiger partial charge on any atom is -0.462 e. The molecule has 0 aliphatic heterocycles. The van der Waals surface area contributed by atoms with Gasteiger partial charge in [-0.25, -0.2) is 4.79 Å². The summed E-state index contributed by atoms with van der Waals surface area (Å²) in [6.45, 7) is 4.04. The van der Waals surface area contributed by atoms with Crippen LogP contribution >= 0.6 is 11.3 Å². The van der Waals surface area contributed by atoms with E-state index in [1.165, 1.54) is 35.3 Å². The van der Waals surface area contributed by atoms with Crippen molar-refractivity contribution in [1.29, 1.82) is 0 Å². The molecule has 0 atom stereocenters. The second-order valence-electron chi connectivity index (χ2n) is 7.58. The lowest BCUT2D eigenvalue weighted by molar-refractivity contribution is 0.0529. The van der Waals surface area contributed by atoms with Gasteiger partial charge in [-0.15, -0.1) is 11.3 Å². The highest BCUT2D eigenvalue weighted by Gasteiger charge is 2.24. The number of aryl methyl sites for hydroxylation is 3. The first-order chi connectivity index (χ1) is 14.6. The van der Waals surface area contributed by atoms with E-state index in [0.29, 0.717) is 16.1 Å². The van der Waals surface area contributed by atoms with E-state index in [0.717, 1.165) is 29.5 Å². The summed E-state index contributed by atoms with van der Waals surface area (Å²) in [7, 11) is 0. The maximum Gasteiger partial charge on any atom is 0.341 e. The molecule has 0 radical (unpaired) electrons. The number of nitrogens with one attached hydrogen (secondary N) is 1. The fourth-order valence-corrected chi connectivity index (χ4v) is 4.80. The third kappa shape index (κ3) is 4.17. The summed E-state index contributed by atoms with van der Waals surface area (Å²) in [5, 5.41) is 5.37. The van der Waals surface area contributed by atoms with Crippen LogP contribution < -0.4 is 5.32 Å². The minimum atomic E-state index is -0.411. The number of fused-ring (bicyclic) bond motifs is 1. The second-order valence-corrected chi connectivity index (χ2v) is 8.46. The molecule has 154 valence electrons. The maximum atomic E-state index is 12.8. The number of esters is 1. The van der Waals surface area contributed by atoms with Crippen LogP contribution in [0.3, 0.4) is 0 Å². The first-order valence-corrected chi connectivity index (χ1v) is 11.2. The molecule has 4 rings (SSSR count). The average Bonchev–Trinajstić information content (AvgIpc) is 3.17. The van der Waals surface area contributed by atoms with Crippen molar-refractivity contribution in [3.8, 4) is 11.1 Å². The number of thiophene rings is 1. The molecule has 1 aliphatic rings. The van der Waals surface area contributed by atoms with Crippen molar-refractivity contribution in [1.82, 2.24) is 0 Å². The number of carbonyl (C=O) groups is 2. The van der Waals surface area contributed by atoms with Gasteiger partial charge < -0.3 is 10.1 Å². The van der Waals surface area contributed by atoms with Crippen LogP contribution in [0.5, 0.6) is 0 Å². The van der Waals surface area contributed by atoms with Gasteiger partial charge in [0.25, 0.3) is 5.91 Å². The van der Waals surface area contributed by atoms with Gasteiger partial charge in [-0.3, -0.25) is 4.79 Å². The average molecular weight is 420 g/mol. The van der Waals surface area contributed by atoms with Crippen molar-refractivity contribution < 1.29 is 14.3 Å². The molecule has 1 amide bonds. The summed E-state index contributed by atoms with van der Waals surface area (Å²) >= 11 is 1.36. The zero-order valence-corrected chi connectivity index (χ0v) is 18.1. The number of carbonyl (C=O) groups excluding carboxylic acids is 2. The van der Waals surface area contributed by atoms with Gasteiger partial charge in [-0.2, -0.15) is 0 Å². The lowest BCUT2D eigenvalue weighted by atomic mass is 9.89. The van der Waals surface area contributed by atoms with E-state index in [4.69, 9.17) is 4.74 Å². The van der Waals surface area contributed by atoms with Crippen LogP contribution in [0.15, 0.2) is 47.8 Å². The molecule has 2 aromatic carbocycles. The van der Waals surface area contributed by atoms with Crippen LogP contribution in [0, 0.1) is 6.92 Å². The molecule has 0 spiro atoms. The van der Waals surface area contributed by atoms with Crippen molar-refractivity contribution in [3.63, 3.8) is 0 Å². The number of rotatable bonds is 5. The second kappa shape index (κ2) is 8.84. The third-order valence-electron chi connectivity index (χ3n) is 5.47. The Morgan fingerprint density at radius 2 is 1.77 bits per heavy atom. The van der Waals surface area contributed by atoms with Gasteiger partial charge in [-0.05, 0) is 68.4 Å². The fraction of sp³-hybridized carbons (Fsp3) is 0.280. The quantitative estimate of drug-likeness (QED) is 0.514. The van der Waals surface area contributed by atoms with Crippen LogP contribution in [0.1, 0.15) is 57.2 Å². The van der Waals surface area contributed by atoms with Crippen LogP contribution in [-0.2, 0) is 17.6 Å². The summed E-state index contributed by atoms with van der Waals surface area (Å²) in [5.74, 6) is -0.648. The van der Waals surface area contributed by atoms with Gasteiger partial charge in [0.2, 0.25) is 0 Å². The number of hydrogen-bond acceptors (Lipinski definition) is 4. The van der Waals surface area contributed by atoms with Gasteiger partial charge in [-0.1, -0.05) is 35.9 Å². The predicted molar refractivity (Wildman–Crippen MR) is 121 cm³/mol. The first kappa shape index (κ1) is 20.4. The van der Waals surface area contributed by atoms with Crippen LogP contribution in [0.25, 0.3) is 11.1 Å². The van der Waals surface area contributed by atoms with Crippen molar-refractivity contribution in [2.24, 2.45) is 0 Å². The lowest BCUT2D eigenvalue weighted by Crippen LogP contribution is -2.14. The van der Waals surface area contributed by atoms with Crippen LogP contribution in [-0.4, -0.2) is 18.5 Å². The monoisotopic (exact) mass is 419 g/mol. The van der Waals surface area contributed by atoms with Gasteiger partial charge >= 0.3 is 5.97 Å². The topological polar surface area (TPSA) is 55.4 Å². The fourth-order valence-electron chi connectivity index (χ4n) is 3.85. The highest BCUT2D eigenvalue weighted by Crippen LogP contribution is 2.38. The number of anilines is 1. The van der Waals surface area contributed by atoms with E-state index < -0.39 is 5.97 Å². The Bertz CT molecular complexity index is 1080. The van der Waals surface area contributed by atoms with Crippen molar-refractivity contribution in [3.05, 3.63) is 75.7 Å². The molecule has 1 aliphatic carbocycles. The summed E-state index contributed by atoms with van der Waals surface area (Å²) in [6, 6.07) is 13.8. The van der Waals surface area contributed by atoms with Crippen molar-refractivity contribution in [2.75, 3.05) is 11.9 Å². The molecule has 1 aromatic heterocycles. The molecule has 0 fully saturated rings. The zero-order valence-electron chi connectivity index (χ0n) is 17.3. The Balaban J connectivity index is 1.70. The Labute approximate surface area is 180 Å². The Morgan fingerprint density at radius 3 is 2.50 bits per heavy atom. The van der Waals surface area contributed by atoms with E-state index in [1.807, 2.05) is 24.4 Å². The van der Waals surface area contributed by atoms with Crippen LogP contribution in [0.2, 0.25) is 0 Å². The van der Waals surface area contributed by atoms with Gasteiger partial charge in [0, 0.05) is 16.5 Å². The first-order valence-electron chi connectivity index (χ1n) is 10.4. The van der Waals surface area contributed by atoms with Crippen molar-refractivity contribution >= 4 is 28.2 Å². The largest absolute Gasteiger partial charge is 0.462 e. The maximum absolute atomic E-state index is 12.8. The predicted octanol–water partition coefficient (Wildman–Crippen LogP) is 6.03. The molecular weight excluding hydrogens is 394 g/mol. The van der Waals surface area contributed by atoms with Crippen LogP contribution in [0.4, 0.5) is 5.00 Å². The summed E-state index contributed by atoms with van der Waals surface area (Å²) in [4.78, 5) is 25.5. The molecule has 5 heteroatoms. The number of benzene rings is 2. The minimum absolute atomic E-state index is 0.237. The standard InChI is InChI=1S/C25H25NO3S/c1-3-29-25(28)22-21(20-13-12-17-6-4-5-7-19(17)14-20)15-30-24(22)26-23(27)18-10-8-16(2)9-11-18/h8-15H,3-7H2,1-2H3,(H,26,27). The summed E-state index contributed by atoms with van der Waals surface area (Å²) < 4.78 is 5.32. The molecule has 1 N–H and O–H groups in total. The number of hydrogen-bond donors (Lipinski definition) is 1. The molecular formula is C25H25NO3S. The SMILES string of the molecule is CCOC(=O)c1c(-c2ccc3c(c2)CCCC3)csc1NC(=O)c1ccc(C)cc1. The van der Waals surface area contributed by atoms with E-state index in [1.54, 1.807) is 19.1 Å². The van der Waals surface area contributed by atoms with Gasteiger partial charge in [0.1, 0.15) is 10.6 Å². The highest BCUT2D eigenvalue weighted by molar-refractivity contribution is 7.15. The summed E-state index contributed by atoms with van der Waals surface area (Å²) in [5.41, 5.74) is 6.62. The third-order valence-corrected chi connectivity index (χ3v) is 6.37. The molecule has 0 saturated carbocycles. The van der Waals surface area contributed by atoms with E-state index in [-0.39, 0.29) is 12.5 Å². The zero-order chi connectivity index (χ0) is 21.1. The van der Waals surface area contributed by atoms with E-state index in [9.17, 15) is 9.59 Å². The Hall–Kier alpha value is -2.92.